The van der Waals surface area contributed by atoms with Crippen LogP contribution < -0.4 is 4.74 Å². The summed E-state index contributed by atoms with van der Waals surface area (Å²) < 4.78 is 5.73. The number of aryl methyl sites for hydroxylation is 1. The predicted octanol–water partition coefficient (Wildman–Crippen LogP) is 5.28. The molecule has 1 aromatic rings. The molecule has 20 heavy (non-hydrogen) atoms. The molecule has 2 heteroatoms. The second-order valence-corrected chi connectivity index (χ2v) is 5.33. The van der Waals surface area contributed by atoms with Gasteiger partial charge in [0.25, 0.3) is 0 Å². The van der Waals surface area contributed by atoms with E-state index in [1.54, 1.807) is 0 Å². The van der Waals surface area contributed by atoms with Crippen LogP contribution in [0.15, 0.2) is 24.3 Å². The van der Waals surface area contributed by atoms with E-state index in [-0.39, 0.29) is 0 Å². The second-order valence-electron chi connectivity index (χ2n) is 5.33. The SMILES string of the molecule is CCCCCCOc1ccc(CCCCC[CH]O)cc1. The lowest BCUT2D eigenvalue weighted by atomic mass is 10.1. The van der Waals surface area contributed by atoms with Crippen LogP contribution in [0.2, 0.25) is 0 Å². The number of rotatable bonds is 12. The molecule has 0 unspecified atom stereocenters. The molecular weight excluding hydrogens is 248 g/mol. The number of hydrogen-bond acceptors (Lipinski definition) is 2. The van der Waals surface area contributed by atoms with Crippen molar-refractivity contribution in [2.75, 3.05) is 6.61 Å². The molecule has 1 aromatic carbocycles. The number of hydrogen-bond donors (Lipinski definition) is 1. The van der Waals surface area contributed by atoms with E-state index in [1.807, 2.05) is 0 Å². The predicted molar refractivity (Wildman–Crippen MR) is 84.5 cm³/mol. The molecule has 113 valence electrons. The van der Waals surface area contributed by atoms with Crippen molar-refractivity contribution in [3.8, 4) is 5.75 Å². The van der Waals surface area contributed by atoms with Gasteiger partial charge in [0.2, 0.25) is 0 Å². The third kappa shape index (κ3) is 8.21. The van der Waals surface area contributed by atoms with Crippen molar-refractivity contribution >= 4 is 0 Å². The number of ether oxygens (including phenoxy) is 1. The first-order chi connectivity index (χ1) is 9.86. The molecule has 0 bridgehead atoms. The lowest BCUT2D eigenvalue weighted by Crippen LogP contribution is -1.97. The highest BCUT2D eigenvalue weighted by atomic mass is 16.5. The molecular formula is C18H29O2. The third-order valence-electron chi connectivity index (χ3n) is 3.49. The fraction of sp³-hybridized carbons (Fsp3) is 0.611. The van der Waals surface area contributed by atoms with Crippen molar-refractivity contribution in [2.45, 2.75) is 64.7 Å². The van der Waals surface area contributed by atoms with E-state index in [4.69, 9.17) is 9.84 Å². The summed E-state index contributed by atoms with van der Waals surface area (Å²) in [6.45, 7) is 4.31. The Morgan fingerprint density at radius 2 is 1.70 bits per heavy atom. The van der Waals surface area contributed by atoms with Gasteiger partial charge >= 0.3 is 0 Å². The van der Waals surface area contributed by atoms with Crippen LogP contribution in [0.3, 0.4) is 0 Å². The molecule has 0 aliphatic carbocycles. The molecule has 0 atom stereocenters. The molecule has 1 rings (SSSR count). The van der Waals surface area contributed by atoms with Crippen LogP contribution in [-0.4, -0.2) is 11.7 Å². The molecule has 0 aliphatic heterocycles. The average Bonchev–Trinajstić information content (AvgIpc) is 2.48. The molecule has 1 radical (unpaired) electrons. The summed E-state index contributed by atoms with van der Waals surface area (Å²) in [5, 5.41) is 8.59. The number of unbranched alkanes of at least 4 members (excludes halogenated alkanes) is 6. The second kappa shape index (κ2) is 11.8. The minimum absolute atomic E-state index is 0.810. The van der Waals surface area contributed by atoms with Gasteiger partial charge < -0.3 is 9.84 Å². The molecule has 0 aliphatic rings. The summed E-state index contributed by atoms with van der Waals surface area (Å²) >= 11 is 0. The fourth-order valence-electron chi connectivity index (χ4n) is 2.21. The molecule has 0 saturated heterocycles. The average molecular weight is 277 g/mol. The van der Waals surface area contributed by atoms with Crippen molar-refractivity contribution in [3.05, 3.63) is 36.4 Å². The van der Waals surface area contributed by atoms with Gasteiger partial charge in [0, 0.05) is 0 Å². The summed E-state index contributed by atoms with van der Waals surface area (Å²) in [6.07, 6.45) is 10.3. The molecule has 0 saturated carbocycles. The molecule has 1 N–H and O–H groups in total. The summed E-state index contributed by atoms with van der Waals surface area (Å²) in [5.74, 6) is 0.986. The van der Waals surface area contributed by atoms with Crippen LogP contribution in [0.5, 0.6) is 5.75 Å². The number of benzene rings is 1. The summed E-state index contributed by atoms with van der Waals surface area (Å²) in [6, 6.07) is 8.49. The van der Waals surface area contributed by atoms with Crippen LogP contribution in [0.1, 0.15) is 63.9 Å². The Kier molecular flexibility index (Phi) is 10.0. The first-order valence-electron chi connectivity index (χ1n) is 8.04. The summed E-state index contributed by atoms with van der Waals surface area (Å²) in [4.78, 5) is 0. The van der Waals surface area contributed by atoms with Crippen LogP contribution in [0.4, 0.5) is 0 Å². The Labute approximate surface area is 124 Å². The van der Waals surface area contributed by atoms with E-state index in [0.717, 1.165) is 38.0 Å². The van der Waals surface area contributed by atoms with E-state index in [0.29, 0.717) is 0 Å². The van der Waals surface area contributed by atoms with Gasteiger partial charge in [-0.2, -0.15) is 0 Å². The van der Waals surface area contributed by atoms with E-state index < -0.39 is 0 Å². The van der Waals surface area contributed by atoms with Crippen molar-refractivity contribution in [1.29, 1.82) is 0 Å². The van der Waals surface area contributed by atoms with Crippen molar-refractivity contribution in [2.24, 2.45) is 0 Å². The Hall–Kier alpha value is -1.02. The van der Waals surface area contributed by atoms with Gasteiger partial charge in [0.1, 0.15) is 5.75 Å². The zero-order valence-corrected chi connectivity index (χ0v) is 12.8. The Morgan fingerprint density at radius 3 is 2.40 bits per heavy atom. The van der Waals surface area contributed by atoms with Crippen LogP contribution in [0, 0.1) is 6.61 Å². The molecule has 2 nitrogen and oxygen atoms in total. The standard InChI is InChI=1S/C18H29O2/c1-2-3-4-9-16-20-18-13-11-17(12-14-18)10-7-5-6-8-15-19/h11-15,19H,2-10,16H2,1H3. The van der Waals surface area contributed by atoms with Crippen LogP contribution in [-0.2, 0) is 6.42 Å². The van der Waals surface area contributed by atoms with E-state index in [9.17, 15) is 0 Å². The van der Waals surface area contributed by atoms with E-state index >= 15 is 0 Å². The number of aliphatic hydroxyl groups is 1. The summed E-state index contributed by atoms with van der Waals surface area (Å²) in [5.41, 5.74) is 1.37. The van der Waals surface area contributed by atoms with E-state index in [1.165, 1.54) is 44.3 Å². The summed E-state index contributed by atoms with van der Waals surface area (Å²) in [7, 11) is 0. The Bertz CT molecular complexity index is 286. The van der Waals surface area contributed by atoms with Gasteiger partial charge in [-0.1, -0.05) is 51.2 Å². The minimum Gasteiger partial charge on any atom is -0.494 e. The van der Waals surface area contributed by atoms with Gasteiger partial charge in [0.15, 0.2) is 0 Å². The lowest BCUT2D eigenvalue weighted by molar-refractivity contribution is 0.305. The molecule has 0 fully saturated rings. The maximum absolute atomic E-state index is 8.59. The van der Waals surface area contributed by atoms with Crippen LogP contribution >= 0.6 is 0 Å². The molecule has 0 amide bonds. The highest BCUT2D eigenvalue weighted by Gasteiger charge is 1.97. The first-order valence-corrected chi connectivity index (χ1v) is 8.04. The van der Waals surface area contributed by atoms with Crippen molar-refractivity contribution in [1.82, 2.24) is 0 Å². The lowest BCUT2D eigenvalue weighted by Gasteiger charge is -2.07. The van der Waals surface area contributed by atoms with E-state index in [2.05, 4.69) is 31.2 Å². The minimum atomic E-state index is 0.810. The molecule has 0 spiro atoms. The van der Waals surface area contributed by atoms with Gasteiger partial charge in [0.05, 0.1) is 13.2 Å². The van der Waals surface area contributed by atoms with Gasteiger partial charge in [-0.25, -0.2) is 0 Å². The molecule has 0 heterocycles. The molecule has 0 aromatic heterocycles. The monoisotopic (exact) mass is 277 g/mol. The van der Waals surface area contributed by atoms with Crippen molar-refractivity contribution < 1.29 is 9.84 Å². The fourth-order valence-corrected chi connectivity index (χ4v) is 2.21. The van der Waals surface area contributed by atoms with Gasteiger partial charge in [-0.15, -0.1) is 0 Å². The zero-order chi connectivity index (χ0) is 14.5. The van der Waals surface area contributed by atoms with Gasteiger partial charge in [-0.05, 0) is 43.4 Å². The Morgan fingerprint density at radius 1 is 0.950 bits per heavy atom. The topological polar surface area (TPSA) is 29.5 Å². The largest absolute Gasteiger partial charge is 0.494 e. The maximum atomic E-state index is 8.59. The highest BCUT2D eigenvalue weighted by Crippen LogP contribution is 2.15. The first kappa shape index (κ1) is 17.0. The smallest absolute Gasteiger partial charge is 0.119 e. The maximum Gasteiger partial charge on any atom is 0.119 e. The zero-order valence-electron chi connectivity index (χ0n) is 12.8. The van der Waals surface area contributed by atoms with Crippen molar-refractivity contribution in [3.63, 3.8) is 0 Å². The quantitative estimate of drug-likeness (QED) is 0.526. The van der Waals surface area contributed by atoms with Crippen LogP contribution in [0.25, 0.3) is 0 Å². The number of aliphatic hydroxyl groups excluding tert-OH is 1. The third-order valence-corrected chi connectivity index (χ3v) is 3.49. The highest BCUT2D eigenvalue weighted by molar-refractivity contribution is 5.27. The van der Waals surface area contributed by atoms with Gasteiger partial charge in [-0.3, -0.25) is 0 Å². The Balaban J connectivity index is 2.13. The normalized spacial score (nSPS) is 10.7.